The lowest BCUT2D eigenvalue weighted by Crippen LogP contribution is -2.36. The highest BCUT2D eigenvalue weighted by molar-refractivity contribution is 9.10. The minimum absolute atomic E-state index is 0.539. The molecule has 0 unspecified atom stereocenters. The molecule has 1 aromatic rings. The first-order valence-electron chi connectivity index (χ1n) is 6.66. The Morgan fingerprint density at radius 3 is 2.78 bits per heavy atom. The van der Waals surface area contributed by atoms with Gasteiger partial charge in [-0.25, -0.2) is 9.97 Å². The Bertz CT molecular complexity index is 389. The highest BCUT2D eigenvalue weighted by atomic mass is 79.9. The lowest BCUT2D eigenvalue weighted by atomic mass is 10.1. The average Bonchev–Trinajstić information content (AvgIpc) is 2.32. The highest BCUT2D eigenvalue weighted by Crippen LogP contribution is 2.17. The maximum absolute atomic E-state index is 4.57. The first-order chi connectivity index (χ1) is 8.67. The van der Waals surface area contributed by atoms with Gasteiger partial charge in [0.15, 0.2) is 0 Å². The molecule has 0 saturated carbocycles. The van der Waals surface area contributed by atoms with Crippen molar-refractivity contribution < 1.29 is 0 Å². The van der Waals surface area contributed by atoms with Crippen molar-refractivity contribution in [3.63, 3.8) is 0 Å². The van der Waals surface area contributed by atoms with E-state index in [9.17, 15) is 0 Å². The van der Waals surface area contributed by atoms with Gasteiger partial charge in [0.05, 0.1) is 0 Å². The number of aryl methyl sites for hydroxylation is 1. The van der Waals surface area contributed by atoms with Crippen LogP contribution < -0.4 is 5.32 Å². The third-order valence-corrected chi connectivity index (χ3v) is 3.69. The van der Waals surface area contributed by atoms with Gasteiger partial charge in [-0.15, -0.1) is 0 Å². The Balaban J connectivity index is 2.00. The van der Waals surface area contributed by atoms with Gasteiger partial charge in [0.25, 0.3) is 0 Å². The van der Waals surface area contributed by atoms with Gasteiger partial charge < -0.3 is 10.2 Å². The zero-order valence-corrected chi connectivity index (χ0v) is 12.7. The lowest BCUT2D eigenvalue weighted by Gasteiger charge is -2.29. The highest BCUT2D eigenvalue weighted by Gasteiger charge is 2.17. The van der Waals surface area contributed by atoms with E-state index < -0.39 is 0 Å². The molecular formula is C13H21BrN4. The fourth-order valence-electron chi connectivity index (χ4n) is 2.24. The zero-order chi connectivity index (χ0) is 13.0. The van der Waals surface area contributed by atoms with E-state index in [1.54, 1.807) is 0 Å². The van der Waals surface area contributed by atoms with Crippen LogP contribution in [0.1, 0.15) is 32.0 Å². The van der Waals surface area contributed by atoms with E-state index in [0.717, 1.165) is 42.2 Å². The van der Waals surface area contributed by atoms with Crippen molar-refractivity contribution in [3.05, 3.63) is 16.5 Å². The molecule has 5 heteroatoms. The summed E-state index contributed by atoms with van der Waals surface area (Å²) < 4.78 is 0.872. The molecule has 1 aliphatic heterocycles. The molecule has 1 fully saturated rings. The molecule has 2 rings (SSSR count). The van der Waals surface area contributed by atoms with Crippen LogP contribution in [0.2, 0.25) is 0 Å². The van der Waals surface area contributed by atoms with Crippen LogP contribution in [0.3, 0.4) is 0 Å². The molecule has 0 aliphatic carbocycles. The van der Waals surface area contributed by atoms with Crippen molar-refractivity contribution in [2.45, 2.75) is 38.6 Å². The largest absolute Gasteiger partial charge is 0.367 e. The normalized spacial score (nSPS) is 17.9. The molecule has 0 aromatic carbocycles. The summed E-state index contributed by atoms with van der Waals surface area (Å²) in [6, 6.07) is 2.51. The van der Waals surface area contributed by atoms with E-state index >= 15 is 0 Å². The van der Waals surface area contributed by atoms with Crippen LogP contribution >= 0.6 is 15.9 Å². The Kier molecular flexibility index (Phi) is 4.95. The molecule has 2 heterocycles. The maximum atomic E-state index is 4.57. The topological polar surface area (TPSA) is 41.1 Å². The van der Waals surface area contributed by atoms with Crippen LogP contribution in [0, 0.1) is 0 Å². The average molecular weight is 313 g/mol. The van der Waals surface area contributed by atoms with Crippen LogP contribution in [0.4, 0.5) is 5.82 Å². The third kappa shape index (κ3) is 3.92. The van der Waals surface area contributed by atoms with Crippen LogP contribution in [-0.4, -0.2) is 41.0 Å². The monoisotopic (exact) mass is 312 g/mol. The van der Waals surface area contributed by atoms with Crippen LogP contribution in [0.5, 0.6) is 0 Å². The zero-order valence-electron chi connectivity index (χ0n) is 11.1. The van der Waals surface area contributed by atoms with Gasteiger partial charge in [-0.1, -0.05) is 6.92 Å². The number of nitrogens with zero attached hydrogens (tertiary/aromatic N) is 3. The second-order valence-electron chi connectivity index (χ2n) is 4.96. The van der Waals surface area contributed by atoms with Gasteiger partial charge in [-0.3, -0.25) is 0 Å². The first-order valence-corrected chi connectivity index (χ1v) is 7.45. The molecule has 18 heavy (non-hydrogen) atoms. The van der Waals surface area contributed by atoms with Crippen LogP contribution in [0.25, 0.3) is 0 Å². The molecule has 0 radical (unpaired) electrons. The summed E-state index contributed by atoms with van der Waals surface area (Å²) in [6.45, 7) is 4.46. The lowest BCUT2D eigenvalue weighted by molar-refractivity contribution is 0.263. The number of halogens is 1. The van der Waals surface area contributed by atoms with Crippen molar-refractivity contribution in [1.82, 2.24) is 14.9 Å². The minimum atomic E-state index is 0.539. The number of rotatable bonds is 4. The molecule has 1 aliphatic rings. The number of piperidine rings is 1. The fraction of sp³-hybridized carbons (Fsp3) is 0.692. The standard InChI is InChI=1S/C13H21BrN4/c1-3-4-12-16-11(14)9-13(17-12)15-10-5-7-18(2)8-6-10/h9-10H,3-8H2,1-2H3,(H,15,16,17). The molecule has 0 atom stereocenters. The predicted octanol–water partition coefficient (Wildman–Crippen LogP) is 2.70. The van der Waals surface area contributed by atoms with Crippen molar-refractivity contribution in [1.29, 1.82) is 0 Å². The Hall–Kier alpha value is -0.680. The van der Waals surface area contributed by atoms with E-state index in [1.807, 2.05) is 6.07 Å². The molecule has 0 amide bonds. The van der Waals surface area contributed by atoms with E-state index in [2.05, 4.69) is 50.1 Å². The first kappa shape index (κ1) is 13.7. The summed E-state index contributed by atoms with van der Waals surface area (Å²) in [5, 5.41) is 3.53. The Morgan fingerprint density at radius 1 is 1.39 bits per heavy atom. The number of anilines is 1. The number of aromatic nitrogens is 2. The summed E-state index contributed by atoms with van der Waals surface area (Å²) in [6.07, 6.45) is 4.37. The van der Waals surface area contributed by atoms with Gasteiger partial charge in [0.1, 0.15) is 16.2 Å². The summed E-state index contributed by atoms with van der Waals surface area (Å²) in [5.41, 5.74) is 0. The number of nitrogens with one attached hydrogen (secondary N) is 1. The molecule has 1 saturated heterocycles. The quantitative estimate of drug-likeness (QED) is 0.868. The molecule has 0 bridgehead atoms. The van der Waals surface area contributed by atoms with E-state index in [-0.39, 0.29) is 0 Å². The molecular weight excluding hydrogens is 292 g/mol. The summed E-state index contributed by atoms with van der Waals surface area (Å²) >= 11 is 3.46. The SMILES string of the molecule is CCCc1nc(Br)cc(NC2CCN(C)CC2)n1. The Labute approximate surface area is 117 Å². The second kappa shape index (κ2) is 6.48. The van der Waals surface area contributed by atoms with Crippen LogP contribution in [-0.2, 0) is 6.42 Å². The third-order valence-electron chi connectivity index (χ3n) is 3.29. The van der Waals surface area contributed by atoms with Crippen molar-refractivity contribution in [2.75, 3.05) is 25.5 Å². The Morgan fingerprint density at radius 2 is 2.11 bits per heavy atom. The number of hydrogen-bond acceptors (Lipinski definition) is 4. The van der Waals surface area contributed by atoms with Gasteiger partial charge in [-0.05, 0) is 55.3 Å². The smallest absolute Gasteiger partial charge is 0.132 e. The summed E-state index contributed by atoms with van der Waals surface area (Å²) in [4.78, 5) is 11.3. The van der Waals surface area contributed by atoms with E-state index in [0.29, 0.717) is 6.04 Å². The molecule has 1 N–H and O–H groups in total. The molecule has 100 valence electrons. The fourth-order valence-corrected chi connectivity index (χ4v) is 2.66. The van der Waals surface area contributed by atoms with Crippen molar-refractivity contribution in [2.24, 2.45) is 0 Å². The number of hydrogen-bond donors (Lipinski definition) is 1. The summed E-state index contributed by atoms with van der Waals surface area (Å²) in [7, 11) is 2.18. The second-order valence-corrected chi connectivity index (χ2v) is 5.78. The van der Waals surface area contributed by atoms with Gasteiger partial charge >= 0.3 is 0 Å². The molecule has 1 aromatic heterocycles. The van der Waals surface area contributed by atoms with Crippen LogP contribution in [0.15, 0.2) is 10.7 Å². The minimum Gasteiger partial charge on any atom is -0.367 e. The molecule has 4 nitrogen and oxygen atoms in total. The van der Waals surface area contributed by atoms with E-state index in [1.165, 1.54) is 12.8 Å². The van der Waals surface area contributed by atoms with Gasteiger partial charge in [-0.2, -0.15) is 0 Å². The van der Waals surface area contributed by atoms with Crippen molar-refractivity contribution >= 4 is 21.7 Å². The maximum Gasteiger partial charge on any atom is 0.132 e. The van der Waals surface area contributed by atoms with Crippen molar-refractivity contribution in [3.8, 4) is 0 Å². The molecule has 0 spiro atoms. The van der Waals surface area contributed by atoms with Gasteiger partial charge in [0.2, 0.25) is 0 Å². The predicted molar refractivity (Wildman–Crippen MR) is 77.9 cm³/mol. The summed E-state index contributed by atoms with van der Waals surface area (Å²) in [5.74, 6) is 1.87. The van der Waals surface area contributed by atoms with E-state index in [4.69, 9.17) is 0 Å². The van der Waals surface area contributed by atoms with Gasteiger partial charge in [0, 0.05) is 18.5 Å². The number of likely N-dealkylation sites (tertiary alicyclic amines) is 1.